The Morgan fingerprint density at radius 2 is 2.04 bits per heavy atom. The van der Waals surface area contributed by atoms with Crippen LogP contribution in [0, 0.1) is 6.92 Å². The summed E-state index contributed by atoms with van der Waals surface area (Å²) in [6.45, 7) is 4.84. The van der Waals surface area contributed by atoms with Crippen LogP contribution in [-0.2, 0) is 0 Å². The zero-order valence-corrected chi connectivity index (χ0v) is 14.4. The summed E-state index contributed by atoms with van der Waals surface area (Å²) >= 11 is 6.07. The first-order valence-electron chi connectivity index (χ1n) is 7.64. The summed E-state index contributed by atoms with van der Waals surface area (Å²) < 4.78 is 0. The molecule has 0 fully saturated rings. The molecule has 0 unspecified atom stereocenters. The molecule has 0 saturated heterocycles. The molecule has 0 aliphatic carbocycles. The Hall–Kier alpha value is -2.14. The van der Waals surface area contributed by atoms with E-state index in [1.54, 1.807) is 18.2 Å². The van der Waals surface area contributed by atoms with E-state index in [1.165, 1.54) is 0 Å². The van der Waals surface area contributed by atoms with Gasteiger partial charge in [-0.3, -0.25) is 4.79 Å². The molecule has 1 aromatic carbocycles. The number of benzene rings is 1. The van der Waals surface area contributed by atoms with Gasteiger partial charge in [0.15, 0.2) is 0 Å². The van der Waals surface area contributed by atoms with Crippen molar-refractivity contribution >= 4 is 29.1 Å². The molecular formula is C17H21ClN4O. The summed E-state index contributed by atoms with van der Waals surface area (Å²) in [5.41, 5.74) is 1.65. The van der Waals surface area contributed by atoms with E-state index in [1.807, 2.05) is 31.0 Å². The molecule has 0 aliphatic rings. The Morgan fingerprint density at radius 1 is 1.30 bits per heavy atom. The number of unbranched alkanes of at least 4 members (excludes halogenated alkanes) is 1. The first kappa shape index (κ1) is 17.2. The summed E-state index contributed by atoms with van der Waals surface area (Å²) in [6, 6.07) is 8.78. The van der Waals surface area contributed by atoms with Crippen molar-refractivity contribution in [1.29, 1.82) is 0 Å². The minimum atomic E-state index is -0.297. The number of anilines is 2. The van der Waals surface area contributed by atoms with Crippen LogP contribution in [0.25, 0.3) is 0 Å². The van der Waals surface area contributed by atoms with Gasteiger partial charge in [-0.05, 0) is 31.5 Å². The first-order chi connectivity index (χ1) is 11.0. The molecule has 0 atom stereocenters. The fraction of sp³-hybridized carbons (Fsp3) is 0.353. The molecule has 1 aromatic heterocycles. The quantitative estimate of drug-likeness (QED) is 0.870. The number of hydrogen-bond donors (Lipinski definition) is 1. The maximum absolute atomic E-state index is 12.4. The van der Waals surface area contributed by atoms with Gasteiger partial charge < -0.3 is 10.2 Å². The molecule has 5 nitrogen and oxygen atoms in total. The molecule has 23 heavy (non-hydrogen) atoms. The summed E-state index contributed by atoms with van der Waals surface area (Å²) in [5, 5.41) is 3.28. The van der Waals surface area contributed by atoms with Crippen LogP contribution in [0.15, 0.2) is 30.3 Å². The van der Waals surface area contributed by atoms with Gasteiger partial charge in [-0.2, -0.15) is 0 Å². The topological polar surface area (TPSA) is 58.1 Å². The lowest BCUT2D eigenvalue weighted by atomic mass is 10.3. The minimum Gasteiger partial charge on any atom is -0.344 e. The highest BCUT2D eigenvalue weighted by atomic mass is 35.5. The van der Waals surface area contributed by atoms with Crippen LogP contribution in [-0.4, -0.2) is 29.5 Å². The summed E-state index contributed by atoms with van der Waals surface area (Å²) in [7, 11) is 1.93. The van der Waals surface area contributed by atoms with Gasteiger partial charge in [0.2, 0.25) is 5.95 Å². The maximum Gasteiger partial charge on any atom is 0.274 e. The lowest BCUT2D eigenvalue weighted by Crippen LogP contribution is -2.23. The van der Waals surface area contributed by atoms with E-state index in [-0.39, 0.29) is 5.91 Å². The Balaban J connectivity index is 2.20. The molecule has 6 heteroatoms. The van der Waals surface area contributed by atoms with E-state index in [9.17, 15) is 4.79 Å². The van der Waals surface area contributed by atoms with Gasteiger partial charge in [0.1, 0.15) is 5.69 Å². The summed E-state index contributed by atoms with van der Waals surface area (Å²) in [4.78, 5) is 23.2. The molecule has 2 aromatic rings. The number of amides is 1. The van der Waals surface area contributed by atoms with Gasteiger partial charge in [-0.25, -0.2) is 9.97 Å². The zero-order chi connectivity index (χ0) is 16.8. The number of nitrogens with one attached hydrogen (secondary N) is 1. The van der Waals surface area contributed by atoms with Crippen LogP contribution in [0.1, 0.15) is 35.9 Å². The van der Waals surface area contributed by atoms with Crippen molar-refractivity contribution < 1.29 is 4.79 Å². The standard InChI is InChI=1S/C17H21ClN4O/c1-4-5-10-22(3)17-19-12(2)11-15(21-17)16(23)20-14-9-7-6-8-13(14)18/h6-9,11H,4-5,10H2,1-3H3,(H,20,23). The molecule has 1 amide bonds. The fourth-order valence-corrected chi connectivity index (χ4v) is 2.27. The van der Waals surface area contributed by atoms with E-state index >= 15 is 0 Å². The van der Waals surface area contributed by atoms with E-state index in [4.69, 9.17) is 11.6 Å². The molecular weight excluding hydrogens is 312 g/mol. The highest BCUT2D eigenvalue weighted by molar-refractivity contribution is 6.33. The predicted molar refractivity (Wildman–Crippen MR) is 94.4 cm³/mol. The molecule has 2 rings (SSSR count). The third-order valence-electron chi connectivity index (χ3n) is 3.39. The van der Waals surface area contributed by atoms with Gasteiger partial charge in [-0.15, -0.1) is 0 Å². The average molecular weight is 333 g/mol. The van der Waals surface area contributed by atoms with Crippen LogP contribution in [0.4, 0.5) is 11.6 Å². The first-order valence-corrected chi connectivity index (χ1v) is 8.01. The summed E-state index contributed by atoms with van der Waals surface area (Å²) in [6.07, 6.45) is 2.14. The number of halogens is 1. The molecule has 0 radical (unpaired) electrons. The van der Waals surface area contributed by atoms with Crippen molar-refractivity contribution in [2.75, 3.05) is 23.8 Å². The number of carbonyl (C=O) groups is 1. The number of rotatable bonds is 6. The van der Waals surface area contributed by atoms with Gasteiger partial charge in [-0.1, -0.05) is 37.1 Å². The van der Waals surface area contributed by atoms with Crippen molar-refractivity contribution in [2.24, 2.45) is 0 Å². The Kier molecular flexibility index (Phi) is 5.93. The Bertz CT molecular complexity index is 690. The van der Waals surface area contributed by atoms with E-state index in [2.05, 4.69) is 22.2 Å². The lowest BCUT2D eigenvalue weighted by Gasteiger charge is -2.17. The molecule has 0 bridgehead atoms. The molecule has 1 N–H and O–H groups in total. The second-order valence-corrected chi connectivity index (χ2v) is 5.81. The number of aromatic nitrogens is 2. The maximum atomic E-state index is 12.4. The van der Waals surface area contributed by atoms with E-state index in [0.717, 1.165) is 25.1 Å². The van der Waals surface area contributed by atoms with Crippen molar-refractivity contribution in [3.63, 3.8) is 0 Å². The van der Waals surface area contributed by atoms with Crippen molar-refractivity contribution in [3.8, 4) is 0 Å². The molecule has 0 saturated carbocycles. The number of aryl methyl sites for hydroxylation is 1. The largest absolute Gasteiger partial charge is 0.344 e. The van der Waals surface area contributed by atoms with Crippen molar-refractivity contribution in [2.45, 2.75) is 26.7 Å². The summed E-state index contributed by atoms with van der Waals surface area (Å²) in [5.74, 6) is 0.261. The van der Waals surface area contributed by atoms with Crippen LogP contribution < -0.4 is 10.2 Å². The highest BCUT2D eigenvalue weighted by Crippen LogP contribution is 2.21. The van der Waals surface area contributed by atoms with Crippen LogP contribution in [0.2, 0.25) is 5.02 Å². The second-order valence-electron chi connectivity index (χ2n) is 5.40. The lowest BCUT2D eigenvalue weighted by molar-refractivity contribution is 0.102. The van der Waals surface area contributed by atoms with E-state index < -0.39 is 0 Å². The van der Waals surface area contributed by atoms with Crippen LogP contribution >= 0.6 is 11.6 Å². The SMILES string of the molecule is CCCCN(C)c1nc(C)cc(C(=O)Nc2ccccc2Cl)n1. The number of nitrogens with zero attached hydrogens (tertiary/aromatic N) is 3. The minimum absolute atomic E-state index is 0.297. The fourth-order valence-electron chi connectivity index (χ4n) is 2.08. The van der Waals surface area contributed by atoms with Gasteiger partial charge in [0.25, 0.3) is 5.91 Å². The average Bonchev–Trinajstić information content (AvgIpc) is 2.54. The van der Waals surface area contributed by atoms with Crippen LogP contribution in [0.5, 0.6) is 0 Å². The molecule has 0 aliphatic heterocycles. The third-order valence-corrected chi connectivity index (χ3v) is 3.72. The second kappa shape index (κ2) is 7.92. The molecule has 1 heterocycles. The normalized spacial score (nSPS) is 10.4. The highest BCUT2D eigenvalue weighted by Gasteiger charge is 2.14. The Labute approximate surface area is 141 Å². The zero-order valence-electron chi connectivity index (χ0n) is 13.6. The predicted octanol–water partition coefficient (Wildman–Crippen LogP) is 3.93. The number of para-hydroxylation sites is 1. The van der Waals surface area contributed by atoms with Crippen molar-refractivity contribution in [1.82, 2.24) is 9.97 Å². The number of hydrogen-bond acceptors (Lipinski definition) is 4. The third kappa shape index (κ3) is 4.66. The Morgan fingerprint density at radius 3 is 2.74 bits per heavy atom. The smallest absolute Gasteiger partial charge is 0.274 e. The van der Waals surface area contributed by atoms with Crippen molar-refractivity contribution in [3.05, 3.63) is 46.7 Å². The number of carbonyl (C=O) groups excluding carboxylic acids is 1. The van der Waals surface area contributed by atoms with Gasteiger partial charge in [0.05, 0.1) is 10.7 Å². The van der Waals surface area contributed by atoms with Gasteiger partial charge >= 0.3 is 0 Å². The monoisotopic (exact) mass is 332 g/mol. The van der Waals surface area contributed by atoms with Gasteiger partial charge in [0, 0.05) is 19.3 Å². The van der Waals surface area contributed by atoms with E-state index in [0.29, 0.717) is 22.4 Å². The molecule has 0 spiro atoms. The molecule has 122 valence electrons. The van der Waals surface area contributed by atoms with Crippen LogP contribution in [0.3, 0.4) is 0 Å².